The fourth-order valence-electron chi connectivity index (χ4n) is 2.06. The van der Waals surface area contributed by atoms with Gasteiger partial charge >= 0.3 is 5.97 Å². The molecule has 0 unspecified atom stereocenters. The van der Waals surface area contributed by atoms with E-state index >= 15 is 0 Å². The van der Waals surface area contributed by atoms with Crippen LogP contribution in [0.4, 0.5) is 10.1 Å². The Hall–Kier alpha value is -2.03. The largest absolute Gasteiger partial charge is 0.495 e. The number of carbonyl (C=O) groups is 1. The first-order valence-electron chi connectivity index (χ1n) is 6.70. The predicted molar refractivity (Wildman–Crippen MR) is 91.6 cm³/mol. The van der Waals surface area contributed by atoms with Gasteiger partial charge in [0.15, 0.2) is 0 Å². The number of sulfonamides is 1. The van der Waals surface area contributed by atoms with Gasteiger partial charge in [-0.1, -0.05) is 29.3 Å². The average Bonchev–Trinajstić information content (AvgIpc) is 2.54. The van der Waals surface area contributed by atoms with E-state index in [9.17, 15) is 17.6 Å². The summed E-state index contributed by atoms with van der Waals surface area (Å²) in [4.78, 5) is 10.7. The highest BCUT2D eigenvalue weighted by atomic mass is 35.5. The SMILES string of the molecule is COc1ccc(S(=O)(=O)N(CC(=O)O)c2cccc(F)c2)c(Cl)c1Cl. The third-order valence-corrected chi connectivity index (χ3v) is 5.97. The van der Waals surface area contributed by atoms with Gasteiger partial charge in [0.1, 0.15) is 28.0 Å². The van der Waals surface area contributed by atoms with Gasteiger partial charge in [-0.25, -0.2) is 12.8 Å². The Morgan fingerprint density at radius 2 is 1.92 bits per heavy atom. The van der Waals surface area contributed by atoms with Gasteiger partial charge in [0.2, 0.25) is 0 Å². The lowest BCUT2D eigenvalue weighted by Crippen LogP contribution is -2.36. The first-order chi connectivity index (χ1) is 11.7. The van der Waals surface area contributed by atoms with Crippen LogP contribution in [0.5, 0.6) is 5.75 Å². The van der Waals surface area contributed by atoms with Crippen LogP contribution in [0.2, 0.25) is 10.0 Å². The molecule has 0 fully saturated rings. The van der Waals surface area contributed by atoms with Crippen molar-refractivity contribution in [3.63, 3.8) is 0 Å². The van der Waals surface area contributed by atoms with Crippen molar-refractivity contribution in [3.05, 3.63) is 52.3 Å². The summed E-state index contributed by atoms with van der Waals surface area (Å²) < 4.78 is 44.8. The topological polar surface area (TPSA) is 83.9 Å². The number of hydrogen-bond donors (Lipinski definition) is 1. The van der Waals surface area contributed by atoms with Gasteiger partial charge in [-0.05, 0) is 30.3 Å². The molecule has 0 aliphatic rings. The molecule has 25 heavy (non-hydrogen) atoms. The van der Waals surface area contributed by atoms with E-state index < -0.39 is 33.3 Å². The number of hydrogen-bond acceptors (Lipinski definition) is 4. The molecule has 0 aromatic heterocycles. The number of nitrogens with zero attached hydrogens (tertiary/aromatic N) is 1. The van der Waals surface area contributed by atoms with Crippen LogP contribution < -0.4 is 9.04 Å². The van der Waals surface area contributed by atoms with E-state index in [1.54, 1.807) is 0 Å². The van der Waals surface area contributed by atoms with E-state index in [-0.39, 0.29) is 21.5 Å². The van der Waals surface area contributed by atoms with E-state index in [4.69, 9.17) is 33.0 Å². The number of benzene rings is 2. The maximum absolute atomic E-state index is 13.5. The summed E-state index contributed by atoms with van der Waals surface area (Å²) >= 11 is 12.0. The van der Waals surface area contributed by atoms with Gasteiger partial charge in [-0.15, -0.1) is 0 Å². The average molecular weight is 408 g/mol. The van der Waals surface area contributed by atoms with Crippen molar-refractivity contribution in [1.29, 1.82) is 0 Å². The molecule has 2 rings (SSSR count). The Morgan fingerprint density at radius 3 is 2.48 bits per heavy atom. The zero-order valence-electron chi connectivity index (χ0n) is 12.7. The second-order valence-corrected chi connectivity index (χ2v) is 7.37. The summed E-state index contributed by atoms with van der Waals surface area (Å²) in [6.45, 7) is -0.925. The molecule has 2 aromatic carbocycles. The molecule has 0 spiro atoms. The number of halogens is 3. The zero-order chi connectivity index (χ0) is 18.8. The smallest absolute Gasteiger partial charge is 0.324 e. The molecular formula is C15H12Cl2FNO5S. The summed E-state index contributed by atoms with van der Waals surface area (Å²) in [5.41, 5.74) is -0.162. The van der Waals surface area contributed by atoms with E-state index in [1.807, 2.05) is 0 Å². The second-order valence-electron chi connectivity index (χ2n) is 4.78. The molecule has 0 bridgehead atoms. The van der Waals surface area contributed by atoms with Gasteiger partial charge in [-0.2, -0.15) is 0 Å². The van der Waals surface area contributed by atoms with Crippen molar-refractivity contribution in [2.24, 2.45) is 0 Å². The maximum atomic E-state index is 13.5. The van der Waals surface area contributed by atoms with Crippen LogP contribution in [0, 0.1) is 5.82 Å². The molecule has 2 aromatic rings. The molecule has 1 N–H and O–H groups in total. The van der Waals surface area contributed by atoms with Gasteiger partial charge in [0.05, 0.1) is 17.8 Å². The molecule has 0 heterocycles. The molecule has 10 heteroatoms. The molecule has 0 aliphatic carbocycles. The van der Waals surface area contributed by atoms with Crippen LogP contribution in [0.25, 0.3) is 0 Å². The molecule has 134 valence electrons. The molecular weight excluding hydrogens is 396 g/mol. The zero-order valence-corrected chi connectivity index (χ0v) is 15.1. The molecule has 0 saturated heterocycles. The lowest BCUT2D eigenvalue weighted by atomic mass is 10.3. The van der Waals surface area contributed by atoms with Crippen molar-refractivity contribution in [1.82, 2.24) is 0 Å². The van der Waals surface area contributed by atoms with E-state index in [2.05, 4.69) is 0 Å². The Balaban J connectivity index is 2.64. The molecule has 0 saturated carbocycles. The van der Waals surface area contributed by atoms with Crippen molar-refractivity contribution in [2.75, 3.05) is 18.0 Å². The van der Waals surface area contributed by atoms with Crippen LogP contribution >= 0.6 is 23.2 Å². The number of carboxylic acid groups (broad SMARTS) is 1. The van der Waals surface area contributed by atoms with Gasteiger partial charge < -0.3 is 9.84 Å². The number of rotatable bonds is 6. The standard InChI is InChI=1S/C15H12Cl2FNO5S/c1-24-11-5-6-12(15(17)14(11)16)25(22,23)19(8-13(20)21)10-4-2-3-9(18)7-10/h2-7H,8H2,1H3,(H,20,21). The number of carboxylic acids is 1. The second kappa shape index (κ2) is 7.47. The first-order valence-corrected chi connectivity index (χ1v) is 8.90. The number of aliphatic carboxylic acids is 1. The van der Waals surface area contributed by atoms with Crippen molar-refractivity contribution < 1.29 is 27.4 Å². The third-order valence-electron chi connectivity index (χ3n) is 3.17. The van der Waals surface area contributed by atoms with Crippen LogP contribution in [-0.2, 0) is 14.8 Å². The number of anilines is 1. The molecule has 0 radical (unpaired) electrons. The maximum Gasteiger partial charge on any atom is 0.324 e. The van der Waals surface area contributed by atoms with Gasteiger partial charge in [0.25, 0.3) is 10.0 Å². The summed E-state index contributed by atoms with van der Waals surface area (Å²) in [7, 11) is -3.10. The Labute approximate surface area is 153 Å². The summed E-state index contributed by atoms with van der Waals surface area (Å²) in [6.07, 6.45) is 0. The minimum atomic E-state index is -4.43. The first kappa shape index (κ1) is 19.3. The minimum Gasteiger partial charge on any atom is -0.495 e. The van der Waals surface area contributed by atoms with Crippen LogP contribution in [0.1, 0.15) is 0 Å². The van der Waals surface area contributed by atoms with Gasteiger partial charge in [-0.3, -0.25) is 9.10 Å². The highest BCUT2D eigenvalue weighted by molar-refractivity contribution is 7.93. The molecule has 0 aliphatic heterocycles. The van der Waals surface area contributed by atoms with Crippen LogP contribution in [0.3, 0.4) is 0 Å². The highest BCUT2D eigenvalue weighted by Gasteiger charge is 2.31. The Kier molecular flexibility index (Phi) is 5.76. The minimum absolute atomic E-state index is 0.139. The lowest BCUT2D eigenvalue weighted by molar-refractivity contribution is -0.135. The van der Waals surface area contributed by atoms with Crippen LogP contribution in [0.15, 0.2) is 41.3 Å². The fourth-order valence-corrected chi connectivity index (χ4v) is 4.28. The summed E-state index contributed by atoms with van der Waals surface area (Å²) in [6, 6.07) is 6.95. The highest BCUT2D eigenvalue weighted by Crippen LogP contribution is 2.38. The molecule has 6 nitrogen and oxygen atoms in total. The van der Waals surface area contributed by atoms with Gasteiger partial charge in [0, 0.05) is 0 Å². The number of methoxy groups -OCH3 is 1. The van der Waals surface area contributed by atoms with Crippen molar-refractivity contribution in [2.45, 2.75) is 4.90 Å². The van der Waals surface area contributed by atoms with Crippen LogP contribution in [-0.4, -0.2) is 33.1 Å². The molecule has 0 amide bonds. The Bertz CT molecular complexity index is 920. The Morgan fingerprint density at radius 1 is 1.24 bits per heavy atom. The fraction of sp³-hybridized carbons (Fsp3) is 0.133. The van der Waals surface area contributed by atoms with E-state index in [1.165, 1.54) is 25.3 Å². The third kappa shape index (κ3) is 3.97. The summed E-state index contributed by atoms with van der Waals surface area (Å²) in [5.74, 6) is -1.99. The molecule has 0 atom stereocenters. The van der Waals surface area contributed by atoms with E-state index in [0.717, 1.165) is 18.2 Å². The van der Waals surface area contributed by atoms with E-state index in [0.29, 0.717) is 4.31 Å². The summed E-state index contributed by atoms with van der Waals surface area (Å²) in [5, 5.41) is 8.59. The predicted octanol–water partition coefficient (Wildman–Crippen LogP) is 3.42. The normalized spacial score (nSPS) is 11.2. The van der Waals surface area contributed by atoms with Crippen molar-refractivity contribution in [3.8, 4) is 5.75 Å². The monoisotopic (exact) mass is 407 g/mol. The number of ether oxygens (including phenoxy) is 1. The van der Waals surface area contributed by atoms with Crippen molar-refractivity contribution >= 4 is 44.9 Å². The lowest BCUT2D eigenvalue weighted by Gasteiger charge is -2.23. The quantitative estimate of drug-likeness (QED) is 0.792.